The molecule has 3 N–H and O–H groups in total. The minimum atomic E-state index is -0.948. The molecule has 0 aliphatic carbocycles. The van der Waals surface area contributed by atoms with E-state index in [1.165, 1.54) is 11.3 Å². The Kier molecular flexibility index (Phi) is 3.68. The number of carbonyl (C=O) groups is 2. The van der Waals surface area contributed by atoms with E-state index in [4.69, 9.17) is 5.11 Å². The molecule has 0 saturated carbocycles. The van der Waals surface area contributed by atoms with E-state index in [2.05, 4.69) is 20.5 Å². The van der Waals surface area contributed by atoms with E-state index in [1.807, 2.05) is 0 Å². The number of H-pyrrole nitrogens is 1. The number of aromatic nitrogens is 3. The van der Waals surface area contributed by atoms with E-state index >= 15 is 0 Å². The van der Waals surface area contributed by atoms with Gasteiger partial charge in [-0.1, -0.05) is 0 Å². The second kappa shape index (κ2) is 5.41. The molecule has 94 valence electrons. The van der Waals surface area contributed by atoms with Gasteiger partial charge >= 0.3 is 5.97 Å². The molecular formula is C10H10N4O3S. The number of rotatable bonds is 5. The van der Waals surface area contributed by atoms with Crippen LogP contribution in [-0.2, 0) is 22.4 Å². The van der Waals surface area contributed by atoms with Gasteiger partial charge in [-0.15, -0.1) is 11.3 Å². The van der Waals surface area contributed by atoms with Crippen LogP contribution in [0.5, 0.6) is 0 Å². The molecule has 7 nitrogen and oxygen atoms in total. The summed E-state index contributed by atoms with van der Waals surface area (Å²) in [6, 6.07) is 1.71. The Labute approximate surface area is 106 Å². The highest BCUT2D eigenvalue weighted by Gasteiger charge is 2.09. The van der Waals surface area contributed by atoms with Gasteiger partial charge in [0.2, 0.25) is 5.91 Å². The fraction of sp³-hybridized carbons (Fsp3) is 0.200. The van der Waals surface area contributed by atoms with Gasteiger partial charge in [-0.05, 0) is 6.07 Å². The second-order valence-electron chi connectivity index (χ2n) is 3.52. The first-order chi connectivity index (χ1) is 8.63. The quantitative estimate of drug-likeness (QED) is 0.737. The number of hydrogen-bond donors (Lipinski definition) is 3. The molecule has 0 aromatic carbocycles. The average molecular weight is 266 g/mol. The van der Waals surface area contributed by atoms with Crippen molar-refractivity contribution in [2.45, 2.75) is 12.8 Å². The Hall–Kier alpha value is -2.22. The highest BCUT2D eigenvalue weighted by molar-refractivity contribution is 7.13. The molecule has 0 spiro atoms. The largest absolute Gasteiger partial charge is 0.481 e. The smallest absolute Gasteiger partial charge is 0.309 e. The number of nitrogens with one attached hydrogen (secondary N) is 2. The maximum Gasteiger partial charge on any atom is 0.309 e. The zero-order valence-electron chi connectivity index (χ0n) is 9.21. The number of aliphatic carboxylic acids is 1. The van der Waals surface area contributed by atoms with Crippen LogP contribution >= 0.6 is 11.3 Å². The molecule has 2 rings (SSSR count). The van der Waals surface area contributed by atoms with Crippen LogP contribution in [0.15, 0.2) is 17.6 Å². The van der Waals surface area contributed by atoms with Crippen LogP contribution < -0.4 is 5.32 Å². The number of nitrogens with zero attached hydrogens (tertiary/aromatic N) is 2. The van der Waals surface area contributed by atoms with Gasteiger partial charge in [0.05, 0.1) is 18.5 Å². The van der Waals surface area contributed by atoms with Gasteiger partial charge in [0.15, 0.2) is 5.13 Å². The van der Waals surface area contributed by atoms with Gasteiger partial charge < -0.3 is 10.4 Å². The normalized spacial score (nSPS) is 10.2. The summed E-state index contributed by atoms with van der Waals surface area (Å²) in [6.07, 6.45) is 1.59. The molecule has 0 saturated heterocycles. The number of thiazole rings is 1. The molecule has 0 fully saturated rings. The van der Waals surface area contributed by atoms with Crippen molar-refractivity contribution in [1.29, 1.82) is 0 Å². The number of anilines is 1. The van der Waals surface area contributed by atoms with Crippen molar-refractivity contribution in [3.8, 4) is 0 Å². The lowest BCUT2D eigenvalue weighted by Crippen LogP contribution is -2.14. The number of carbonyl (C=O) groups excluding carboxylic acids is 1. The van der Waals surface area contributed by atoms with Crippen LogP contribution in [0, 0.1) is 0 Å². The van der Waals surface area contributed by atoms with E-state index in [1.54, 1.807) is 17.6 Å². The SMILES string of the molecule is O=C(O)Cc1csc(NC(=O)Cc2ccn[nH]2)n1. The predicted octanol–water partition coefficient (Wildman–Crippen LogP) is 0.674. The third kappa shape index (κ3) is 3.39. The van der Waals surface area contributed by atoms with Crippen molar-refractivity contribution in [2.24, 2.45) is 0 Å². The monoisotopic (exact) mass is 266 g/mol. The van der Waals surface area contributed by atoms with E-state index in [0.717, 1.165) is 0 Å². The standard InChI is InChI=1S/C10H10N4O3S/c15-8(3-6-1-2-11-14-6)13-10-12-7(5-18-10)4-9(16)17/h1-2,5H,3-4H2,(H,11,14)(H,16,17)(H,12,13,15). The molecule has 8 heteroatoms. The molecule has 0 aliphatic rings. The highest BCUT2D eigenvalue weighted by atomic mass is 32.1. The van der Waals surface area contributed by atoms with Gasteiger partial charge in [0, 0.05) is 17.3 Å². The van der Waals surface area contributed by atoms with Crippen LogP contribution in [0.4, 0.5) is 5.13 Å². The van der Waals surface area contributed by atoms with Crippen LogP contribution in [0.25, 0.3) is 0 Å². The maximum atomic E-state index is 11.6. The molecule has 0 atom stereocenters. The topological polar surface area (TPSA) is 108 Å². The average Bonchev–Trinajstić information content (AvgIpc) is 2.89. The van der Waals surface area contributed by atoms with E-state index in [9.17, 15) is 9.59 Å². The summed E-state index contributed by atoms with van der Waals surface area (Å²) in [5.74, 6) is -1.17. The Morgan fingerprint density at radius 3 is 2.94 bits per heavy atom. The summed E-state index contributed by atoms with van der Waals surface area (Å²) in [5, 5.41) is 19.6. The van der Waals surface area contributed by atoms with Crippen molar-refractivity contribution >= 4 is 28.3 Å². The Balaban J connectivity index is 1.91. The number of carboxylic acid groups (broad SMARTS) is 1. The lowest BCUT2D eigenvalue weighted by molar-refractivity contribution is -0.136. The Morgan fingerprint density at radius 2 is 2.28 bits per heavy atom. The molecule has 2 heterocycles. The summed E-state index contributed by atoms with van der Waals surface area (Å²) < 4.78 is 0. The van der Waals surface area contributed by atoms with Crippen LogP contribution in [0.3, 0.4) is 0 Å². The summed E-state index contributed by atoms with van der Waals surface area (Å²) >= 11 is 1.20. The van der Waals surface area contributed by atoms with Gasteiger partial charge in [-0.3, -0.25) is 14.7 Å². The minimum Gasteiger partial charge on any atom is -0.481 e. The lowest BCUT2D eigenvalue weighted by Gasteiger charge is -1.99. The number of amides is 1. The third-order valence-corrected chi connectivity index (χ3v) is 2.85. The van der Waals surface area contributed by atoms with Gasteiger partial charge in [-0.2, -0.15) is 5.10 Å². The van der Waals surface area contributed by atoms with Crippen LogP contribution in [0.1, 0.15) is 11.4 Å². The molecule has 1 amide bonds. The molecule has 18 heavy (non-hydrogen) atoms. The third-order valence-electron chi connectivity index (χ3n) is 2.04. The number of hydrogen-bond acceptors (Lipinski definition) is 5. The molecule has 2 aromatic rings. The van der Waals surface area contributed by atoms with Gasteiger partial charge in [0.25, 0.3) is 0 Å². The second-order valence-corrected chi connectivity index (χ2v) is 4.38. The minimum absolute atomic E-state index is 0.146. The van der Waals surface area contributed by atoms with Crippen molar-refractivity contribution in [2.75, 3.05) is 5.32 Å². The van der Waals surface area contributed by atoms with Gasteiger partial charge in [0.1, 0.15) is 0 Å². The summed E-state index contributed by atoms with van der Waals surface area (Å²) in [4.78, 5) is 26.1. The fourth-order valence-corrected chi connectivity index (χ4v) is 2.05. The zero-order chi connectivity index (χ0) is 13.0. The lowest BCUT2D eigenvalue weighted by atomic mass is 10.3. The zero-order valence-corrected chi connectivity index (χ0v) is 10.0. The van der Waals surface area contributed by atoms with E-state index in [-0.39, 0.29) is 18.7 Å². The van der Waals surface area contributed by atoms with Crippen LogP contribution in [-0.4, -0.2) is 32.2 Å². The van der Waals surface area contributed by atoms with Crippen molar-refractivity contribution in [1.82, 2.24) is 15.2 Å². The summed E-state index contributed by atoms with van der Waals surface area (Å²) in [6.45, 7) is 0. The van der Waals surface area contributed by atoms with E-state index < -0.39 is 5.97 Å². The number of aromatic amines is 1. The Morgan fingerprint density at radius 1 is 1.44 bits per heavy atom. The first-order valence-corrected chi connectivity index (χ1v) is 5.96. The summed E-state index contributed by atoms with van der Waals surface area (Å²) in [7, 11) is 0. The molecule has 0 radical (unpaired) electrons. The Bertz CT molecular complexity index is 549. The first-order valence-electron chi connectivity index (χ1n) is 5.08. The van der Waals surface area contributed by atoms with Crippen LogP contribution in [0.2, 0.25) is 0 Å². The predicted molar refractivity (Wildman–Crippen MR) is 64.4 cm³/mol. The maximum absolute atomic E-state index is 11.6. The molecular weight excluding hydrogens is 256 g/mol. The fourth-order valence-electron chi connectivity index (χ4n) is 1.32. The highest BCUT2D eigenvalue weighted by Crippen LogP contribution is 2.16. The van der Waals surface area contributed by atoms with E-state index in [0.29, 0.717) is 16.5 Å². The molecule has 0 aliphatic heterocycles. The number of carboxylic acids is 1. The molecule has 0 bridgehead atoms. The summed E-state index contributed by atoms with van der Waals surface area (Å²) in [5.41, 5.74) is 1.14. The van der Waals surface area contributed by atoms with Gasteiger partial charge in [-0.25, -0.2) is 4.98 Å². The van der Waals surface area contributed by atoms with Crippen molar-refractivity contribution in [3.63, 3.8) is 0 Å². The van der Waals surface area contributed by atoms with Crippen molar-refractivity contribution in [3.05, 3.63) is 29.0 Å². The molecule has 2 aromatic heterocycles. The molecule has 0 unspecified atom stereocenters. The first kappa shape index (κ1) is 12.2. The van der Waals surface area contributed by atoms with Crippen molar-refractivity contribution < 1.29 is 14.7 Å².